The van der Waals surface area contributed by atoms with Gasteiger partial charge in [-0.25, -0.2) is 4.68 Å². The summed E-state index contributed by atoms with van der Waals surface area (Å²) < 4.78 is 7.13. The van der Waals surface area contributed by atoms with Gasteiger partial charge >= 0.3 is 0 Å². The largest absolute Gasteiger partial charge is 0.394 e. The molecule has 1 aliphatic rings. The van der Waals surface area contributed by atoms with Crippen molar-refractivity contribution in [1.82, 2.24) is 20.3 Å². The van der Waals surface area contributed by atoms with Crippen LogP contribution in [-0.4, -0.2) is 45.5 Å². The van der Waals surface area contributed by atoms with E-state index < -0.39 is 0 Å². The molecule has 1 aromatic rings. The van der Waals surface area contributed by atoms with E-state index in [9.17, 15) is 0 Å². The van der Waals surface area contributed by atoms with Gasteiger partial charge < -0.3 is 15.2 Å². The Morgan fingerprint density at radius 3 is 3.24 bits per heavy atom. The van der Waals surface area contributed by atoms with Crippen LogP contribution in [0.3, 0.4) is 0 Å². The van der Waals surface area contributed by atoms with Crippen molar-refractivity contribution in [2.75, 3.05) is 19.8 Å². The van der Waals surface area contributed by atoms with Gasteiger partial charge in [0.1, 0.15) is 0 Å². The molecule has 0 saturated carbocycles. The third-order valence-electron chi connectivity index (χ3n) is 3.05. The van der Waals surface area contributed by atoms with E-state index in [2.05, 4.69) is 22.6 Å². The van der Waals surface area contributed by atoms with Crippen molar-refractivity contribution in [3.63, 3.8) is 0 Å². The van der Waals surface area contributed by atoms with Crippen molar-refractivity contribution in [2.45, 2.75) is 38.4 Å². The zero-order valence-electron chi connectivity index (χ0n) is 10.2. The van der Waals surface area contributed by atoms with E-state index in [-0.39, 0.29) is 12.1 Å². The van der Waals surface area contributed by atoms with E-state index in [1.807, 2.05) is 6.20 Å². The molecule has 0 spiro atoms. The molecule has 96 valence electrons. The fourth-order valence-corrected chi connectivity index (χ4v) is 2.01. The fraction of sp³-hybridized carbons (Fsp3) is 0.818. The molecule has 0 aliphatic carbocycles. The van der Waals surface area contributed by atoms with Gasteiger partial charge in [0.05, 0.1) is 25.5 Å². The van der Waals surface area contributed by atoms with Crippen molar-refractivity contribution in [2.24, 2.45) is 0 Å². The van der Waals surface area contributed by atoms with Crippen LogP contribution in [0.5, 0.6) is 0 Å². The van der Waals surface area contributed by atoms with E-state index in [0.717, 1.165) is 31.7 Å². The lowest BCUT2D eigenvalue weighted by Crippen LogP contribution is -2.48. The molecule has 2 heterocycles. The van der Waals surface area contributed by atoms with Gasteiger partial charge in [-0.15, -0.1) is 5.10 Å². The molecular formula is C11H20N4O2. The first kappa shape index (κ1) is 12.5. The predicted octanol–water partition coefficient (Wildman–Crippen LogP) is -0.0709. The number of aliphatic hydroxyl groups excluding tert-OH is 1. The fourth-order valence-electron chi connectivity index (χ4n) is 2.01. The number of hydrogen-bond donors (Lipinski definition) is 2. The Kier molecular flexibility index (Phi) is 4.09. The molecule has 2 N–H and O–H groups in total. The van der Waals surface area contributed by atoms with Crippen LogP contribution in [0.1, 0.15) is 25.5 Å². The lowest BCUT2D eigenvalue weighted by molar-refractivity contribution is 0.0276. The van der Waals surface area contributed by atoms with E-state index in [4.69, 9.17) is 9.84 Å². The summed E-state index contributed by atoms with van der Waals surface area (Å²) in [5, 5.41) is 20.2. The molecule has 17 heavy (non-hydrogen) atoms. The topological polar surface area (TPSA) is 72.2 Å². The lowest BCUT2D eigenvalue weighted by Gasteiger charge is -2.34. The molecule has 1 unspecified atom stereocenters. The van der Waals surface area contributed by atoms with Gasteiger partial charge in [-0.2, -0.15) is 0 Å². The molecule has 1 aromatic heterocycles. The van der Waals surface area contributed by atoms with Gasteiger partial charge in [0.25, 0.3) is 0 Å². The average Bonchev–Trinajstić information content (AvgIpc) is 2.76. The molecule has 0 aromatic carbocycles. The van der Waals surface area contributed by atoms with Crippen LogP contribution < -0.4 is 5.32 Å². The molecule has 6 nitrogen and oxygen atoms in total. The molecule has 0 bridgehead atoms. The van der Waals surface area contributed by atoms with E-state index in [0.29, 0.717) is 13.1 Å². The Balaban J connectivity index is 1.83. The van der Waals surface area contributed by atoms with Crippen molar-refractivity contribution < 1.29 is 9.84 Å². The number of hydrogen-bond acceptors (Lipinski definition) is 5. The maximum absolute atomic E-state index is 8.78. The van der Waals surface area contributed by atoms with E-state index >= 15 is 0 Å². The summed E-state index contributed by atoms with van der Waals surface area (Å²) in [5.41, 5.74) is 0.934. The minimum Gasteiger partial charge on any atom is -0.394 e. The minimum absolute atomic E-state index is 0.0407. The minimum atomic E-state index is 0.0407. The summed E-state index contributed by atoms with van der Waals surface area (Å²) in [4.78, 5) is 0. The Morgan fingerprint density at radius 1 is 1.65 bits per heavy atom. The number of ether oxygens (including phenoxy) is 1. The smallest absolute Gasteiger partial charge is 0.0965 e. The first-order valence-electron chi connectivity index (χ1n) is 6.04. The van der Waals surface area contributed by atoms with Crippen LogP contribution in [0.25, 0.3) is 0 Å². The summed E-state index contributed by atoms with van der Waals surface area (Å²) in [6.07, 6.45) is 4.08. The molecule has 6 heteroatoms. The summed E-state index contributed by atoms with van der Waals surface area (Å²) in [5.74, 6) is 0. The van der Waals surface area contributed by atoms with Gasteiger partial charge in [0.2, 0.25) is 0 Å². The summed E-state index contributed by atoms with van der Waals surface area (Å²) in [7, 11) is 0. The highest BCUT2D eigenvalue weighted by atomic mass is 16.5. The molecule has 1 saturated heterocycles. The monoisotopic (exact) mass is 240 g/mol. The van der Waals surface area contributed by atoms with E-state index in [1.54, 1.807) is 4.68 Å². The van der Waals surface area contributed by atoms with Crippen molar-refractivity contribution >= 4 is 0 Å². The van der Waals surface area contributed by atoms with Crippen molar-refractivity contribution in [1.29, 1.82) is 0 Å². The number of rotatable bonds is 5. The summed E-state index contributed by atoms with van der Waals surface area (Å²) in [6.45, 7) is 5.05. The molecule has 2 rings (SSSR count). The second-order valence-corrected chi connectivity index (χ2v) is 4.77. The van der Waals surface area contributed by atoms with Crippen LogP contribution in [0.4, 0.5) is 0 Å². The Labute approximate surface area is 101 Å². The molecular weight excluding hydrogens is 220 g/mol. The zero-order chi connectivity index (χ0) is 12.1. The Hall–Kier alpha value is -0.980. The first-order valence-corrected chi connectivity index (χ1v) is 6.04. The molecule has 1 atom stereocenters. The predicted molar refractivity (Wildman–Crippen MR) is 62.4 cm³/mol. The Morgan fingerprint density at radius 2 is 2.53 bits per heavy atom. The third kappa shape index (κ3) is 3.49. The highest BCUT2D eigenvalue weighted by Crippen LogP contribution is 2.18. The van der Waals surface area contributed by atoms with Gasteiger partial charge in [-0.05, 0) is 19.8 Å². The van der Waals surface area contributed by atoms with Crippen LogP contribution in [-0.2, 0) is 17.8 Å². The highest BCUT2D eigenvalue weighted by Gasteiger charge is 2.26. The standard InChI is InChI=1S/C11H20N4O2/c1-11(3-2-6-17-9-11)12-7-10-8-15(4-5-16)14-13-10/h8,12,16H,2-7,9H2,1H3. The normalized spacial score (nSPS) is 25.1. The average molecular weight is 240 g/mol. The second kappa shape index (κ2) is 5.57. The van der Waals surface area contributed by atoms with Gasteiger partial charge in [0.15, 0.2) is 0 Å². The lowest BCUT2D eigenvalue weighted by atomic mass is 9.95. The van der Waals surface area contributed by atoms with Gasteiger partial charge in [-0.1, -0.05) is 5.21 Å². The maximum Gasteiger partial charge on any atom is 0.0965 e. The summed E-state index contributed by atoms with van der Waals surface area (Å²) >= 11 is 0. The van der Waals surface area contributed by atoms with Crippen LogP contribution >= 0.6 is 0 Å². The molecule has 1 aliphatic heterocycles. The Bertz CT molecular complexity index is 347. The van der Waals surface area contributed by atoms with Gasteiger partial charge in [0, 0.05) is 24.9 Å². The maximum atomic E-state index is 8.78. The summed E-state index contributed by atoms with van der Waals surface area (Å²) in [6, 6.07) is 0. The number of nitrogens with one attached hydrogen (secondary N) is 1. The SMILES string of the molecule is CC1(NCc2cn(CCO)nn2)CCCOC1. The molecule has 0 radical (unpaired) electrons. The third-order valence-corrected chi connectivity index (χ3v) is 3.05. The first-order chi connectivity index (χ1) is 8.22. The second-order valence-electron chi connectivity index (χ2n) is 4.77. The molecule has 1 fully saturated rings. The number of aromatic nitrogens is 3. The van der Waals surface area contributed by atoms with Crippen LogP contribution in [0, 0.1) is 0 Å². The van der Waals surface area contributed by atoms with Crippen molar-refractivity contribution in [3.05, 3.63) is 11.9 Å². The van der Waals surface area contributed by atoms with Crippen LogP contribution in [0.15, 0.2) is 6.20 Å². The number of aliphatic hydroxyl groups is 1. The zero-order valence-corrected chi connectivity index (χ0v) is 10.2. The quantitative estimate of drug-likeness (QED) is 0.753. The molecule has 0 amide bonds. The van der Waals surface area contributed by atoms with Gasteiger partial charge in [-0.3, -0.25) is 0 Å². The van der Waals surface area contributed by atoms with Crippen molar-refractivity contribution in [3.8, 4) is 0 Å². The van der Waals surface area contributed by atoms with E-state index in [1.165, 1.54) is 0 Å². The van der Waals surface area contributed by atoms with Crippen LogP contribution in [0.2, 0.25) is 0 Å². The number of nitrogens with zero attached hydrogens (tertiary/aromatic N) is 3. The highest BCUT2D eigenvalue weighted by molar-refractivity contribution is 4.95.